The fraction of sp³-hybridized carbons (Fsp3) is 0.500. The van der Waals surface area contributed by atoms with E-state index in [-0.39, 0.29) is 0 Å². The Morgan fingerprint density at radius 3 is 2.93 bits per heavy atom. The van der Waals surface area contributed by atoms with Crippen molar-refractivity contribution in [1.82, 2.24) is 0 Å². The number of hydrogen-bond donors (Lipinski definition) is 1. The smallest absolute Gasteiger partial charge is 0.0487 e. The van der Waals surface area contributed by atoms with Crippen LogP contribution in [-0.2, 0) is 0 Å². The van der Waals surface area contributed by atoms with Crippen LogP contribution < -0.4 is 5.32 Å². The molecule has 1 aromatic carbocycles. The summed E-state index contributed by atoms with van der Waals surface area (Å²) in [7, 11) is 0. The molecule has 0 bridgehead atoms. The van der Waals surface area contributed by atoms with Crippen molar-refractivity contribution in [2.45, 2.75) is 26.2 Å². The molecule has 0 radical (unpaired) electrons. The van der Waals surface area contributed by atoms with Gasteiger partial charge in [-0.25, -0.2) is 0 Å². The predicted molar refractivity (Wildman–Crippen MR) is 64.7 cm³/mol. The van der Waals surface area contributed by atoms with E-state index in [4.69, 9.17) is 0 Å². The third-order valence-corrected chi connectivity index (χ3v) is 3.38. The van der Waals surface area contributed by atoms with Gasteiger partial charge in [0.15, 0.2) is 0 Å². The third-order valence-electron chi connectivity index (χ3n) is 2.69. The number of anilines is 1. The van der Waals surface area contributed by atoms with Gasteiger partial charge in [0.25, 0.3) is 0 Å². The number of rotatable bonds is 4. The number of hydrogen-bond acceptors (Lipinski definition) is 1. The van der Waals surface area contributed by atoms with E-state index in [1.54, 1.807) is 0 Å². The first-order valence-corrected chi connectivity index (χ1v) is 6.05. The predicted octanol–water partition coefficient (Wildman–Crippen LogP) is 3.97. The van der Waals surface area contributed by atoms with E-state index >= 15 is 0 Å². The summed E-state index contributed by atoms with van der Waals surface area (Å²) in [6, 6.07) is 6.42. The van der Waals surface area contributed by atoms with E-state index in [9.17, 15) is 0 Å². The molecule has 1 N–H and O–H groups in total. The van der Waals surface area contributed by atoms with Gasteiger partial charge in [-0.1, -0.05) is 18.9 Å². The van der Waals surface area contributed by atoms with Gasteiger partial charge < -0.3 is 5.32 Å². The summed E-state index contributed by atoms with van der Waals surface area (Å²) >= 11 is 3.55. The van der Waals surface area contributed by atoms with Crippen LogP contribution in [0.3, 0.4) is 0 Å². The second-order valence-electron chi connectivity index (χ2n) is 4.14. The van der Waals surface area contributed by atoms with Crippen LogP contribution in [-0.4, -0.2) is 6.54 Å². The van der Waals surface area contributed by atoms with Gasteiger partial charge in [-0.3, -0.25) is 0 Å². The molecule has 0 saturated heterocycles. The largest absolute Gasteiger partial charge is 0.384 e. The Morgan fingerprint density at radius 2 is 2.21 bits per heavy atom. The Labute approximate surface area is 94.0 Å². The lowest BCUT2D eigenvalue weighted by molar-refractivity contribution is 0.760. The summed E-state index contributed by atoms with van der Waals surface area (Å²) in [6.45, 7) is 3.23. The first-order chi connectivity index (χ1) is 6.75. The fourth-order valence-electron chi connectivity index (χ4n) is 1.59. The van der Waals surface area contributed by atoms with Gasteiger partial charge in [0.2, 0.25) is 0 Å². The SMILES string of the molecule is Cc1ccc(Br)c(NCCC2CC2)c1. The minimum atomic E-state index is 1.01. The normalized spacial score (nSPS) is 15.6. The van der Waals surface area contributed by atoms with Gasteiger partial charge in [-0.05, 0) is 52.9 Å². The average Bonchev–Trinajstić information content (AvgIpc) is 2.95. The summed E-state index contributed by atoms with van der Waals surface area (Å²) in [5.41, 5.74) is 2.53. The van der Waals surface area contributed by atoms with Crippen LogP contribution in [0, 0.1) is 12.8 Å². The number of aryl methyl sites for hydroxylation is 1. The minimum absolute atomic E-state index is 1.01. The summed E-state index contributed by atoms with van der Waals surface area (Å²) in [6.07, 6.45) is 4.20. The molecular weight excluding hydrogens is 238 g/mol. The van der Waals surface area contributed by atoms with E-state index in [1.165, 1.54) is 35.0 Å². The molecule has 2 rings (SSSR count). The second-order valence-corrected chi connectivity index (χ2v) is 5.00. The number of benzene rings is 1. The monoisotopic (exact) mass is 253 g/mol. The summed E-state index contributed by atoms with van der Waals surface area (Å²) in [5.74, 6) is 1.01. The molecule has 1 aliphatic carbocycles. The van der Waals surface area contributed by atoms with Crippen molar-refractivity contribution in [2.24, 2.45) is 5.92 Å². The Kier molecular flexibility index (Phi) is 3.12. The van der Waals surface area contributed by atoms with Crippen LogP contribution in [0.1, 0.15) is 24.8 Å². The van der Waals surface area contributed by atoms with Gasteiger partial charge in [-0.15, -0.1) is 0 Å². The molecule has 0 aromatic heterocycles. The second kappa shape index (κ2) is 4.35. The molecule has 76 valence electrons. The zero-order valence-corrected chi connectivity index (χ0v) is 10.1. The molecule has 14 heavy (non-hydrogen) atoms. The van der Waals surface area contributed by atoms with Crippen molar-refractivity contribution in [3.8, 4) is 0 Å². The van der Waals surface area contributed by atoms with E-state index in [1.807, 2.05) is 0 Å². The first-order valence-electron chi connectivity index (χ1n) is 5.26. The lowest BCUT2D eigenvalue weighted by Gasteiger charge is -2.08. The van der Waals surface area contributed by atoms with Crippen molar-refractivity contribution >= 4 is 21.6 Å². The van der Waals surface area contributed by atoms with Crippen LogP contribution in [0.5, 0.6) is 0 Å². The van der Waals surface area contributed by atoms with Gasteiger partial charge in [0.1, 0.15) is 0 Å². The zero-order valence-electron chi connectivity index (χ0n) is 8.52. The molecule has 0 spiro atoms. The molecule has 1 fully saturated rings. The van der Waals surface area contributed by atoms with E-state index in [2.05, 4.69) is 46.4 Å². The third kappa shape index (κ3) is 2.74. The lowest BCUT2D eigenvalue weighted by Crippen LogP contribution is -2.02. The van der Waals surface area contributed by atoms with Crippen molar-refractivity contribution in [3.05, 3.63) is 28.2 Å². The zero-order chi connectivity index (χ0) is 9.97. The average molecular weight is 254 g/mol. The first kappa shape index (κ1) is 10.0. The highest BCUT2D eigenvalue weighted by Gasteiger charge is 2.20. The Bertz CT molecular complexity index is 318. The highest BCUT2D eigenvalue weighted by atomic mass is 79.9. The Balaban J connectivity index is 1.89. The van der Waals surface area contributed by atoms with E-state index in [0.717, 1.165) is 12.5 Å². The highest BCUT2D eigenvalue weighted by molar-refractivity contribution is 9.10. The standard InChI is InChI=1S/C12H16BrN/c1-9-2-5-11(13)12(8-9)14-7-6-10-3-4-10/h2,5,8,10,14H,3-4,6-7H2,1H3. The molecule has 1 aromatic rings. The van der Waals surface area contributed by atoms with Crippen LogP contribution in [0.15, 0.2) is 22.7 Å². The molecule has 0 atom stereocenters. The van der Waals surface area contributed by atoms with Crippen LogP contribution in [0.25, 0.3) is 0 Å². The molecule has 0 amide bonds. The van der Waals surface area contributed by atoms with Crippen LogP contribution in [0.2, 0.25) is 0 Å². The Hall–Kier alpha value is -0.500. The van der Waals surface area contributed by atoms with Crippen molar-refractivity contribution in [2.75, 3.05) is 11.9 Å². The van der Waals surface area contributed by atoms with Gasteiger partial charge in [0.05, 0.1) is 0 Å². The summed E-state index contributed by atoms with van der Waals surface area (Å²) in [5, 5.41) is 3.48. The van der Waals surface area contributed by atoms with E-state index < -0.39 is 0 Å². The summed E-state index contributed by atoms with van der Waals surface area (Å²) in [4.78, 5) is 0. The van der Waals surface area contributed by atoms with Crippen LogP contribution in [0.4, 0.5) is 5.69 Å². The molecule has 2 heteroatoms. The van der Waals surface area contributed by atoms with Crippen LogP contribution >= 0.6 is 15.9 Å². The molecule has 1 saturated carbocycles. The Morgan fingerprint density at radius 1 is 1.43 bits per heavy atom. The van der Waals surface area contributed by atoms with Crippen molar-refractivity contribution in [1.29, 1.82) is 0 Å². The van der Waals surface area contributed by atoms with Gasteiger partial charge in [0, 0.05) is 16.7 Å². The quantitative estimate of drug-likeness (QED) is 0.857. The minimum Gasteiger partial charge on any atom is -0.384 e. The summed E-state index contributed by atoms with van der Waals surface area (Å²) < 4.78 is 1.17. The van der Waals surface area contributed by atoms with E-state index in [0.29, 0.717) is 0 Å². The molecule has 1 aliphatic rings. The van der Waals surface area contributed by atoms with Crippen molar-refractivity contribution < 1.29 is 0 Å². The van der Waals surface area contributed by atoms with Crippen molar-refractivity contribution in [3.63, 3.8) is 0 Å². The lowest BCUT2D eigenvalue weighted by atomic mass is 10.2. The molecular formula is C12H16BrN. The maximum absolute atomic E-state index is 3.55. The van der Waals surface area contributed by atoms with Gasteiger partial charge >= 0.3 is 0 Å². The maximum atomic E-state index is 3.55. The highest BCUT2D eigenvalue weighted by Crippen LogP contribution is 2.32. The fourth-order valence-corrected chi connectivity index (χ4v) is 1.98. The number of halogens is 1. The molecule has 1 nitrogen and oxygen atoms in total. The van der Waals surface area contributed by atoms with Gasteiger partial charge in [-0.2, -0.15) is 0 Å². The molecule has 0 unspecified atom stereocenters. The molecule has 0 heterocycles. The topological polar surface area (TPSA) is 12.0 Å². The molecule has 0 aliphatic heterocycles. The number of nitrogens with one attached hydrogen (secondary N) is 1. The maximum Gasteiger partial charge on any atom is 0.0487 e.